The SMILES string of the molecule is CC(C)(CNC(C)(C)C)Cc1ccc(F)cc1F. The number of hydrogen-bond donors (Lipinski definition) is 1. The predicted octanol–water partition coefficient (Wildman–Crippen LogP) is 3.92. The molecule has 0 aromatic heterocycles. The third-order valence-corrected chi connectivity index (χ3v) is 2.78. The van der Waals surface area contributed by atoms with Crippen LogP contribution in [0, 0.1) is 17.0 Å². The van der Waals surface area contributed by atoms with Crippen molar-refractivity contribution in [2.24, 2.45) is 5.41 Å². The maximum absolute atomic E-state index is 13.6. The third-order valence-electron chi connectivity index (χ3n) is 2.78. The van der Waals surface area contributed by atoms with Crippen molar-refractivity contribution in [1.82, 2.24) is 5.32 Å². The van der Waals surface area contributed by atoms with E-state index < -0.39 is 11.6 Å². The summed E-state index contributed by atoms with van der Waals surface area (Å²) in [4.78, 5) is 0. The summed E-state index contributed by atoms with van der Waals surface area (Å²) >= 11 is 0. The highest BCUT2D eigenvalue weighted by molar-refractivity contribution is 5.20. The van der Waals surface area contributed by atoms with E-state index in [1.807, 2.05) is 0 Å². The van der Waals surface area contributed by atoms with Crippen LogP contribution in [0.25, 0.3) is 0 Å². The Bertz CT molecular complexity index is 405. The van der Waals surface area contributed by atoms with Crippen LogP contribution in [-0.4, -0.2) is 12.1 Å². The molecule has 0 bridgehead atoms. The van der Waals surface area contributed by atoms with Crippen LogP contribution in [0.2, 0.25) is 0 Å². The minimum Gasteiger partial charge on any atom is -0.312 e. The molecular weight excluding hydrogens is 232 g/mol. The predicted molar refractivity (Wildman–Crippen MR) is 71.6 cm³/mol. The fraction of sp³-hybridized carbons (Fsp3) is 0.600. The van der Waals surface area contributed by atoms with Gasteiger partial charge in [-0.3, -0.25) is 0 Å². The Morgan fingerprint density at radius 1 is 1.06 bits per heavy atom. The van der Waals surface area contributed by atoms with Gasteiger partial charge in [-0.05, 0) is 44.2 Å². The number of nitrogens with one attached hydrogen (secondary N) is 1. The van der Waals surface area contributed by atoms with Gasteiger partial charge < -0.3 is 5.32 Å². The molecule has 3 heteroatoms. The summed E-state index contributed by atoms with van der Waals surface area (Å²) in [6.07, 6.45) is 0.586. The second kappa shape index (κ2) is 5.35. The number of benzene rings is 1. The van der Waals surface area contributed by atoms with E-state index in [-0.39, 0.29) is 11.0 Å². The van der Waals surface area contributed by atoms with Crippen molar-refractivity contribution >= 4 is 0 Å². The molecule has 0 aliphatic carbocycles. The van der Waals surface area contributed by atoms with Crippen molar-refractivity contribution in [2.45, 2.75) is 46.6 Å². The van der Waals surface area contributed by atoms with E-state index in [1.54, 1.807) is 0 Å². The molecule has 0 fully saturated rings. The molecule has 1 rings (SSSR count). The van der Waals surface area contributed by atoms with Crippen molar-refractivity contribution in [2.75, 3.05) is 6.54 Å². The average molecular weight is 255 g/mol. The Morgan fingerprint density at radius 2 is 1.67 bits per heavy atom. The van der Waals surface area contributed by atoms with Crippen LogP contribution in [0.4, 0.5) is 8.78 Å². The van der Waals surface area contributed by atoms with Crippen LogP contribution in [-0.2, 0) is 6.42 Å². The second-order valence-corrected chi connectivity index (χ2v) is 6.68. The summed E-state index contributed by atoms with van der Waals surface area (Å²) < 4.78 is 26.4. The second-order valence-electron chi connectivity index (χ2n) is 6.68. The first-order valence-corrected chi connectivity index (χ1v) is 6.28. The van der Waals surface area contributed by atoms with Crippen molar-refractivity contribution < 1.29 is 8.78 Å². The maximum atomic E-state index is 13.6. The third kappa shape index (κ3) is 5.13. The maximum Gasteiger partial charge on any atom is 0.129 e. The zero-order valence-electron chi connectivity index (χ0n) is 11.9. The lowest BCUT2D eigenvalue weighted by atomic mass is 9.84. The summed E-state index contributed by atoms with van der Waals surface area (Å²) in [5, 5.41) is 3.42. The highest BCUT2D eigenvalue weighted by atomic mass is 19.1. The first-order valence-electron chi connectivity index (χ1n) is 6.28. The summed E-state index contributed by atoms with van der Waals surface area (Å²) in [6.45, 7) is 11.2. The monoisotopic (exact) mass is 255 g/mol. The molecule has 0 aliphatic heterocycles. The van der Waals surface area contributed by atoms with Gasteiger partial charge in [-0.25, -0.2) is 8.78 Å². The minimum absolute atomic E-state index is 0.0403. The van der Waals surface area contributed by atoms with E-state index in [4.69, 9.17) is 0 Å². The Morgan fingerprint density at radius 3 is 2.17 bits per heavy atom. The fourth-order valence-electron chi connectivity index (χ4n) is 1.75. The molecule has 0 radical (unpaired) electrons. The first-order chi connectivity index (χ1) is 8.09. The molecule has 0 amide bonds. The quantitative estimate of drug-likeness (QED) is 0.859. The number of hydrogen-bond acceptors (Lipinski definition) is 1. The van der Waals surface area contributed by atoms with Gasteiger partial charge >= 0.3 is 0 Å². The fourth-order valence-corrected chi connectivity index (χ4v) is 1.75. The molecule has 0 saturated carbocycles. The van der Waals surface area contributed by atoms with Crippen LogP contribution >= 0.6 is 0 Å². The van der Waals surface area contributed by atoms with Gasteiger partial charge in [0.25, 0.3) is 0 Å². The Kier molecular flexibility index (Phi) is 4.49. The smallest absolute Gasteiger partial charge is 0.129 e. The summed E-state index contributed by atoms with van der Waals surface area (Å²) in [6, 6.07) is 3.79. The zero-order valence-corrected chi connectivity index (χ0v) is 11.9. The van der Waals surface area contributed by atoms with Crippen molar-refractivity contribution in [3.05, 3.63) is 35.4 Å². The van der Waals surface area contributed by atoms with Crippen molar-refractivity contribution in [1.29, 1.82) is 0 Å². The van der Waals surface area contributed by atoms with Gasteiger partial charge in [0, 0.05) is 18.2 Å². The largest absolute Gasteiger partial charge is 0.312 e. The summed E-state index contributed by atoms with van der Waals surface area (Å²) in [7, 11) is 0. The van der Waals surface area contributed by atoms with Gasteiger partial charge in [0.15, 0.2) is 0 Å². The Labute approximate surface area is 109 Å². The van der Waals surface area contributed by atoms with Gasteiger partial charge in [0.2, 0.25) is 0 Å². The summed E-state index contributed by atoms with van der Waals surface area (Å²) in [5.41, 5.74) is 0.530. The lowest BCUT2D eigenvalue weighted by molar-refractivity contribution is 0.286. The van der Waals surface area contributed by atoms with Gasteiger partial charge in [0.05, 0.1) is 0 Å². The van der Waals surface area contributed by atoms with Crippen LogP contribution < -0.4 is 5.32 Å². The molecule has 1 aromatic carbocycles. The van der Waals surface area contributed by atoms with Gasteiger partial charge in [0.1, 0.15) is 11.6 Å². The van der Waals surface area contributed by atoms with E-state index in [9.17, 15) is 8.78 Å². The van der Waals surface area contributed by atoms with Crippen molar-refractivity contribution in [3.8, 4) is 0 Å². The number of halogens is 2. The van der Waals surface area contributed by atoms with E-state index in [0.29, 0.717) is 12.0 Å². The topological polar surface area (TPSA) is 12.0 Å². The van der Waals surface area contributed by atoms with Crippen LogP contribution in [0.3, 0.4) is 0 Å². The molecule has 1 nitrogen and oxygen atoms in total. The van der Waals surface area contributed by atoms with E-state index in [0.717, 1.165) is 12.6 Å². The van der Waals surface area contributed by atoms with E-state index in [1.165, 1.54) is 12.1 Å². The Balaban J connectivity index is 2.70. The molecule has 1 N–H and O–H groups in total. The molecule has 0 atom stereocenters. The highest BCUT2D eigenvalue weighted by Gasteiger charge is 2.22. The molecule has 0 spiro atoms. The molecule has 0 aliphatic rings. The Hall–Kier alpha value is -0.960. The standard InChI is InChI=1S/C15H23F2N/c1-14(2,3)18-10-15(4,5)9-11-6-7-12(16)8-13(11)17/h6-8,18H,9-10H2,1-5H3. The van der Waals surface area contributed by atoms with Gasteiger partial charge in [-0.1, -0.05) is 19.9 Å². The molecule has 0 saturated heterocycles. The highest BCUT2D eigenvalue weighted by Crippen LogP contribution is 2.24. The lowest BCUT2D eigenvalue weighted by Crippen LogP contribution is -2.42. The van der Waals surface area contributed by atoms with Gasteiger partial charge in [-0.15, -0.1) is 0 Å². The molecule has 102 valence electrons. The van der Waals surface area contributed by atoms with Crippen LogP contribution in [0.15, 0.2) is 18.2 Å². The van der Waals surface area contributed by atoms with Crippen molar-refractivity contribution in [3.63, 3.8) is 0 Å². The normalized spacial score (nSPS) is 12.8. The molecule has 0 heterocycles. The lowest BCUT2D eigenvalue weighted by Gasteiger charge is -2.30. The van der Waals surface area contributed by atoms with Gasteiger partial charge in [-0.2, -0.15) is 0 Å². The molecule has 1 aromatic rings. The van der Waals surface area contributed by atoms with Crippen LogP contribution in [0.1, 0.15) is 40.2 Å². The minimum atomic E-state index is -0.526. The number of rotatable bonds is 4. The van der Waals surface area contributed by atoms with E-state index >= 15 is 0 Å². The zero-order chi connectivity index (χ0) is 14.0. The average Bonchev–Trinajstić information content (AvgIpc) is 2.19. The molecule has 0 unspecified atom stereocenters. The molecule has 18 heavy (non-hydrogen) atoms. The van der Waals surface area contributed by atoms with Crippen LogP contribution in [0.5, 0.6) is 0 Å². The first kappa shape index (κ1) is 15.1. The molecular formula is C15H23F2N. The van der Waals surface area contributed by atoms with E-state index in [2.05, 4.69) is 39.9 Å². The summed E-state index contributed by atoms with van der Waals surface area (Å²) in [5.74, 6) is -0.985.